The van der Waals surface area contributed by atoms with Crippen molar-refractivity contribution in [2.75, 3.05) is 19.7 Å². The molecule has 3 rings (SSSR count). The van der Waals surface area contributed by atoms with E-state index in [2.05, 4.69) is 29.2 Å². The van der Waals surface area contributed by atoms with Crippen molar-refractivity contribution in [2.24, 2.45) is 11.7 Å². The van der Waals surface area contributed by atoms with Gasteiger partial charge in [0.25, 0.3) is 0 Å². The molecular formula is C23H30N2O2. The summed E-state index contributed by atoms with van der Waals surface area (Å²) in [5.41, 5.74) is 8.07. The fraction of sp³-hybridized carbons (Fsp3) is 0.435. The van der Waals surface area contributed by atoms with Crippen molar-refractivity contribution >= 4 is 5.91 Å². The first-order chi connectivity index (χ1) is 13.2. The predicted octanol–water partition coefficient (Wildman–Crippen LogP) is 3.96. The summed E-state index contributed by atoms with van der Waals surface area (Å²) in [5, 5.41) is 0. The van der Waals surface area contributed by atoms with Crippen molar-refractivity contribution in [3.05, 3.63) is 65.7 Å². The van der Waals surface area contributed by atoms with Crippen LogP contribution in [-0.2, 0) is 11.2 Å². The van der Waals surface area contributed by atoms with Gasteiger partial charge in [-0.05, 0) is 74.9 Å². The molecule has 1 fully saturated rings. The van der Waals surface area contributed by atoms with E-state index in [0.29, 0.717) is 12.5 Å². The number of aryl methyl sites for hydroxylation is 1. The Kier molecular flexibility index (Phi) is 6.88. The molecule has 0 spiro atoms. The average molecular weight is 367 g/mol. The molecule has 1 aliphatic rings. The molecule has 1 heterocycles. The fourth-order valence-electron chi connectivity index (χ4n) is 3.98. The first kappa shape index (κ1) is 19.4. The second-order valence-corrected chi connectivity index (χ2v) is 7.31. The number of rotatable bonds is 8. The van der Waals surface area contributed by atoms with Crippen LogP contribution in [0.15, 0.2) is 54.6 Å². The van der Waals surface area contributed by atoms with Crippen LogP contribution >= 0.6 is 0 Å². The summed E-state index contributed by atoms with van der Waals surface area (Å²) in [4.78, 5) is 14.3. The molecule has 2 aromatic rings. The zero-order chi connectivity index (χ0) is 19.1. The molecule has 1 unspecified atom stereocenters. The lowest BCUT2D eigenvalue weighted by Crippen LogP contribution is -2.42. The highest BCUT2D eigenvalue weighted by atomic mass is 16.5. The summed E-state index contributed by atoms with van der Waals surface area (Å²) >= 11 is 0. The normalized spacial score (nSPS) is 16.8. The summed E-state index contributed by atoms with van der Waals surface area (Å²) < 4.78 is 5.50. The van der Waals surface area contributed by atoms with Crippen LogP contribution in [0.25, 0.3) is 0 Å². The number of ether oxygens (including phenoxy) is 1. The van der Waals surface area contributed by atoms with Crippen LogP contribution < -0.4 is 10.5 Å². The van der Waals surface area contributed by atoms with Crippen molar-refractivity contribution in [1.29, 1.82) is 0 Å². The molecule has 2 aromatic carbocycles. The summed E-state index contributed by atoms with van der Waals surface area (Å²) in [6, 6.07) is 18.0. The summed E-state index contributed by atoms with van der Waals surface area (Å²) in [6.45, 7) is 4.56. The van der Waals surface area contributed by atoms with Gasteiger partial charge in [-0.25, -0.2) is 0 Å². The predicted molar refractivity (Wildman–Crippen MR) is 109 cm³/mol. The van der Waals surface area contributed by atoms with Crippen LogP contribution in [0.5, 0.6) is 5.75 Å². The van der Waals surface area contributed by atoms with E-state index in [4.69, 9.17) is 10.5 Å². The van der Waals surface area contributed by atoms with Crippen LogP contribution in [0, 0.1) is 5.92 Å². The Balaban J connectivity index is 1.50. The van der Waals surface area contributed by atoms with E-state index < -0.39 is 0 Å². The van der Waals surface area contributed by atoms with Gasteiger partial charge in [-0.3, -0.25) is 9.69 Å². The highest BCUT2D eigenvalue weighted by Crippen LogP contribution is 2.29. The largest absolute Gasteiger partial charge is 0.494 e. The second kappa shape index (κ2) is 9.56. The zero-order valence-corrected chi connectivity index (χ0v) is 16.1. The second-order valence-electron chi connectivity index (χ2n) is 7.31. The first-order valence-electron chi connectivity index (χ1n) is 9.97. The van der Waals surface area contributed by atoms with E-state index in [-0.39, 0.29) is 11.9 Å². The van der Waals surface area contributed by atoms with Gasteiger partial charge in [-0.1, -0.05) is 42.5 Å². The maximum atomic E-state index is 12.0. The van der Waals surface area contributed by atoms with Crippen molar-refractivity contribution in [1.82, 2.24) is 4.90 Å². The minimum atomic E-state index is -0.307. The van der Waals surface area contributed by atoms with Crippen molar-refractivity contribution in [3.8, 4) is 5.75 Å². The van der Waals surface area contributed by atoms with E-state index in [0.717, 1.165) is 43.7 Å². The quantitative estimate of drug-likeness (QED) is 0.769. The lowest BCUT2D eigenvalue weighted by molar-refractivity contribution is -0.124. The van der Waals surface area contributed by atoms with E-state index in [1.54, 1.807) is 0 Å². The highest BCUT2D eigenvalue weighted by Gasteiger charge is 2.29. The van der Waals surface area contributed by atoms with Crippen molar-refractivity contribution in [3.63, 3.8) is 0 Å². The summed E-state index contributed by atoms with van der Waals surface area (Å²) in [7, 11) is 0. The lowest BCUT2D eigenvalue weighted by atomic mass is 9.89. The van der Waals surface area contributed by atoms with Gasteiger partial charge in [-0.2, -0.15) is 0 Å². The smallest absolute Gasteiger partial charge is 0.239 e. The number of hydrogen-bond acceptors (Lipinski definition) is 3. The maximum absolute atomic E-state index is 12.0. The molecule has 0 aromatic heterocycles. The third kappa shape index (κ3) is 5.33. The molecule has 1 amide bonds. The molecule has 0 radical (unpaired) electrons. The Morgan fingerprint density at radius 1 is 1.11 bits per heavy atom. The zero-order valence-electron chi connectivity index (χ0n) is 16.1. The molecule has 0 bridgehead atoms. The van der Waals surface area contributed by atoms with Gasteiger partial charge in [-0.15, -0.1) is 0 Å². The topological polar surface area (TPSA) is 55.6 Å². The van der Waals surface area contributed by atoms with E-state index in [1.807, 2.05) is 37.3 Å². The number of hydrogen-bond donors (Lipinski definition) is 1. The number of primary amides is 1. The van der Waals surface area contributed by atoms with Gasteiger partial charge < -0.3 is 10.5 Å². The highest BCUT2D eigenvalue weighted by molar-refractivity contribution is 5.81. The third-order valence-corrected chi connectivity index (χ3v) is 5.47. The van der Waals surface area contributed by atoms with Gasteiger partial charge in [0.2, 0.25) is 5.91 Å². The molecule has 144 valence electrons. The van der Waals surface area contributed by atoms with Gasteiger partial charge in [0.1, 0.15) is 11.8 Å². The molecule has 1 saturated heterocycles. The van der Waals surface area contributed by atoms with Crippen LogP contribution in [0.1, 0.15) is 43.4 Å². The molecular weight excluding hydrogens is 336 g/mol. The molecule has 1 aliphatic heterocycles. The molecule has 4 heteroatoms. The summed E-state index contributed by atoms with van der Waals surface area (Å²) in [6.07, 6.45) is 4.52. The molecule has 1 atom stereocenters. The monoisotopic (exact) mass is 366 g/mol. The van der Waals surface area contributed by atoms with Crippen molar-refractivity contribution < 1.29 is 9.53 Å². The van der Waals surface area contributed by atoms with Crippen LogP contribution in [0.2, 0.25) is 0 Å². The first-order valence-corrected chi connectivity index (χ1v) is 9.97. The van der Waals surface area contributed by atoms with E-state index in [1.165, 1.54) is 12.0 Å². The Morgan fingerprint density at radius 3 is 2.37 bits per heavy atom. The number of nitrogens with two attached hydrogens (primary N) is 1. The Labute approximate surface area is 162 Å². The van der Waals surface area contributed by atoms with Crippen LogP contribution in [0.4, 0.5) is 0 Å². The van der Waals surface area contributed by atoms with Crippen LogP contribution in [-0.4, -0.2) is 30.5 Å². The average Bonchev–Trinajstić information content (AvgIpc) is 2.69. The number of benzene rings is 2. The summed E-state index contributed by atoms with van der Waals surface area (Å²) in [5.74, 6) is 1.39. The number of nitrogens with zero attached hydrogens (tertiary/aromatic N) is 1. The lowest BCUT2D eigenvalue weighted by Gasteiger charge is -2.36. The van der Waals surface area contributed by atoms with E-state index >= 15 is 0 Å². The minimum absolute atomic E-state index is 0.256. The number of amides is 1. The number of carbonyl (C=O) groups excluding carboxylic acids is 1. The standard InChI is InChI=1S/C23H30N2O2/c1-2-27-21-12-10-18(11-13-21)8-9-19-14-16-25(17-15-19)22(23(24)26)20-6-4-3-5-7-20/h3-7,10-13,19,22H,2,8-9,14-17H2,1H3,(H2,24,26). The molecule has 2 N–H and O–H groups in total. The van der Waals surface area contributed by atoms with Crippen LogP contribution in [0.3, 0.4) is 0 Å². The third-order valence-electron chi connectivity index (χ3n) is 5.47. The van der Waals surface area contributed by atoms with Gasteiger partial charge in [0.05, 0.1) is 6.61 Å². The molecule has 0 aliphatic carbocycles. The minimum Gasteiger partial charge on any atom is -0.494 e. The van der Waals surface area contributed by atoms with Crippen molar-refractivity contribution in [2.45, 2.75) is 38.6 Å². The molecule has 27 heavy (non-hydrogen) atoms. The van der Waals surface area contributed by atoms with E-state index in [9.17, 15) is 4.79 Å². The van der Waals surface area contributed by atoms with Gasteiger partial charge >= 0.3 is 0 Å². The fourth-order valence-corrected chi connectivity index (χ4v) is 3.98. The van der Waals surface area contributed by atoms with Gasteiger partial charge in [0.15, 0.2) is 0 Å². The molecule has 0 saturated carbocycles. The maximum Gasteiger partial charge on any atom is 0.239 e. The SMILES string of the molecule is CCOc1ccc(CCC2CCN(C(C(N)=O)c3ccccc3)CC2)cc1. The molecule has 4 nitrogen and oxygen atoms in total. The van der Waals surface area contributed by atoms with Gasteiger partial charge in [0, 0.05) is 0 Å². The Morgan fingerprint density at radius 2 is 1.78 bits per heavy atom. The Bertz CT molecular complexity index is 707. The number of likely N-dealkylation sites (tertiary alicyclic amines) is 1. The number of carbonyl (C=O) groups is 1. The Hall–Kier alpha value is -2.33. The number of piperidine rings is 1.